The molecule has 5 heteroatoms. The Bertz CT molecular complexity index is 800. The third-order valence-electron chi connectivity index (χ3n) is 8.73. The molecule has 37 heavy (non-hydrogen) atoms. The van der Waals surface area contributed by atoms with E-state index in [0.29, 0.717) is 13.0 Å². The first kappa shape index (κ1) is 29.6. The molecule has 0 atom stereocenters. The molecule has 3 rings (SSSR count). The van der Waals surface area contributed by atoms with Crippen LogP contribution in [0.3, 0.4) is 0 Å². The monoisotopic (exact) mass is 518 g/mol. The van der Waals surface area contributed by atoms with Crippen molar-refractivity contribution in [1.82, 2.24) is 0 Å². The van der Waals surface area contributed by atoms with Crippen LogP contribution in [0.15, 0.2) is 24.8 Å². The fourth-order valence-corrected chi connectivity index (χ4v) is 6.47. The summed E-state index contributed by atoms with van der Waals surface area (Å²) in [5.41, 5.74) is 0.787. The smallest absolute Gasteiger partial charge is 0.330 e. The number of carbonyl (C=O) groups is 1. The summed E-state index contributed by atoms with van der Waals surface area (Å²) in [5, 5.41) is 0. The van der Waals surface area contributed by atoms with Gasteiger partial charge < -0.3 is 9.47 Å². The molecule has 0 amide bonds. The van der Waals surface area contributed by atoms with Gasteiger partial charge in [0.1, 0.15) is 0 Å². The Morgan fingerprint density at radius 2 is 1.46 bits per heavy atom. The van der Waals surface area contributed by atoms with E-state index in [2.05, 4.69) is 13.5 Å². The van der Waals surface area contributed by atoms with Gasteiger partial charge in [-0.05, 0) is 106 Å². The number of hydrogen-bond acceptors (Lipinski definition) is 3. The van der Waals surface area contributed by atoms with E-state index < -0.39 is 17.6 Å². The standard InChI is InChI=1S/C32H48F2O3/c1-3-5-8-11-24-12-14-25(15-13-24)26-16-18-27(19-17-26)28-22-29(33)32(30(34)23-28)37-21-10-7-6-9-20-36-31(35)4-2/h4,22-27H,2-3,5-21H2,1H3. The number of unbranched alkanes of at least 4 members (excludes halogenated alkanes) is 5. The minimum absolute atomic E-state index is 0.245. The summed E-state index contributed by atoms with van der Waals surface area (Å²) in [6.45, 7) is 6.26. The predicted octanol–water partition coefficient (Wildman–Crippen LogP) is 9.29. The SMILES string of the molecule is C=CC(=O)OCCCCCCOc1c(F)cc(C2CCC(C3CCC(CCCCC)CC3)CC2)cc1F. The zero-order chi connectivity index (χ0) is 26.5. The van der Waals surface area contributed by atoms with Crippen molar-refractivity contribution >= 4 is 5.97 Å². The Kier molecular flexibility index (Phi) is 12.9. The van der Waals surface area contributed by atoms with Gasteiger partial charge in [0.2, 0.25) is 0 Å². The van der Waals surface area contributed by atoms with E-state index in [1.165, 1.54) is 76.3 Å². The first-order valence-electron chi connectivity index (χ1n) is 14.9. The fourth-order valence-electron chi connectivity index (χ4n) is 6.47. The summed E-state index contributed by atoms with van der Waals surface area (Å²) in [6.07, 6.45) is 19.8. The molecular weight excluding hydrogens is 470 g/mol. The molecule has 2 aliphatic rings. The van der Waals surface area contributed by atoms with E-state index in [1.54, 1.807) is 0 Å². The Morgan fingerprint density at radius 3 is 2.05 bits per heavy atom. The first-order chi connectivity index (χ1) is 18.0. The number of ether oxygens (including phenoxy) is 2. The highest BCUT2D eigenvalue weighted by Gasteiger charge is 2.31. The van der Waals surface area contributed by atoms with Gasteiger partial charge in [-0.2, -0.15) is 0 Å². The molecule has 2 saturated carbocycles. The van der Waals surface area contributed by atoms with Gasteiger partial charge in [0.15, 0.2) is 17.4 Å². The Hall–Kier alpha value is -1.91. The zero-order valence-electron chi connectivity index (χ0n) is 23.0. The summed E-state index contributed by atoms with van der Waals surface area (Å²) < 4.78 is 39.9. The summed E-state index contributed by atoms with van der Waals surface area (Å²) >= 11 is 0. The molecular formula is C32H48F2O3. The molecule has 0 unspecified atom stereocenters. The summed E-state index contributed by atoms with van der Waals surface area (Å²) in [5.74, 6) is 0.988. The van der Waals surface area contributed by atoms with Crippen molar-refractivity contribution in [3.05, 3.63) is 42.0 Å². The number of halogens is 2. The lowest BCUT2D eigenvalue weighted by Crippen LogP contribution is -2.25. The average Bonchev–Trinajstić information content (AvgIpc) is 2.91. The van der Waals surface area contributed by atoms with E-state index in [9.17, 15) is 13.6 Å². The van der Waals surface area contributed by atoms with E-state index in [1.807, 2.05) is 0 Å². The van der Waals surface area contributed by atoms with Crippen LogP contribution in [-0.2, 0) is 9.53 Å². The van der Waals surface area contributed by atoms with Crippen molar-refractivity contribution in [1.29, 1.82) is 0 Å². The van der Waals surface area contributed by atoms with Crippen molar-refractivity contribution in [3.8, 4) is 5.75 Å². The number of hydrogen-bond donors (Lipinski definition) is 0. The maximum atomic E-state index is 14.7. The van der Waals surface area contributed by atoms with Crippen LogP contribution in [0.1, 0.15) is 121 Å². The van der Waals surface area contributed by atoms with Crippen LogP contribution < -0.4 is 4.74 Å². The molecule has 0 heterocycles. The predicted molar refractivity (Wildman–Crippen MR) is 146 cm³/mol. The summed E-state index contributed by atoms with van der Waals surface area (Å²) in [7, 11) is 0. The summed E-state index contributed by atoms with van der Waals surface area (Å²) in [4.78, 5) is 11.0. The highest BCUT2D eigenvalue weighted by molar-refractivity contribution is 5.81. The van der Waals surface area contributed by atoms with Crippen molar-refractivity contribution < 1.29 is 23.0 Å². The van der Waals surface area contributed by atoms with Gasteiger partial charge in [-0.3, -0.25) is 0 Å². The van der Waals surface area contributed by atoms with Crippen LogP contribution in [0.5, 0.6) is 5.75 Å². The minimum Gasteiger partial charge on any atom is -0.488 e. The van der Waals surface area contributed by atoms with Gasteiger partial charge in [-0.25, -0.2) is 13.6 Å². The van der Waals surface area contributed by atoms with Crippen LogP contribution in [0.25, 0.3) is 0 Å². The Balaban J connectivity index is 1.36. The van der Waals surface area contributed by atoms with Crippen molar-refractivity contribution in [2.75, 3.05) is 13.2 Å². The summed E-state index contributed by atoms with van der Waals surface area (Å²) in [6, 6.07) is 3.00. The molecule has 2 fully saturated rings. The van der Waals surface area contributed by atoms with Crippen LogP contribution >= 0.6 is 0 Å². The molecule has 0 N–H and O–H groups in total. The van der Waals surface area contributed by atoms with Gasteiger partial charge in [-0.15, -0.1) is 0 Å². The number of esters is 1. The molecule has 3 nitrogen and oxygen atoms in total. The second-order valence-corrected chi connectivity index (χ2v) is 11.3. The van der Waals surface area contributed by atoms with E-state index in [-0.39, 0.29) is 18.3 Å². The number of carbonyl (C=O) groups excluding carboxylic acids is 1. The van der Waals surface area contributed by atoms with E-state index >= 15 is 0 Å². The number of benzene rings is 1. The second kappa shape index (κ2) is 16.1. The van der Waals surface area contributed by atoms with Gasteiger partial charge in [0.25, 0.3) is 0 Å². The largest absolute Gasteiger partial charge is 0.488 e. The molecule has 208 valence electrons. The lowest BCUT2D eigenvalue weighted by Gasteiger charge is -2.38. The fraction of sp³-hybridized carbons (Fsp3) is 0.719. The lowest BCUT2D eigenvalue weighted by molar-refractivity contribution is -0.137. The molecule has 0 bridgehead atoms. The minimum atomic E-state index is -0.588. The third-order valence-corrected chi connectivity index (χ3v) is 8.73. The molecule has 2 aliphatic carbocycles. The van der Waals surface area contributed by atoms with Crippen LogP contribution in [-0.4, -0.2) is 19.2 Å². The third kappa shape index (κ3) is 9.72. The van der Waals surface area contributed by atoms with E-state index in [4.69, 9.17) is 9.47 Å². The quantitative estimate of drug-likeness (QED) is 0.132. The Labute approximate surface area is 223 Å². The molecule has 0 aliphatic heterocycles. The van der Waals surface area contributed by atoms with E-state index in [0.717, 1.165) is 61.5 Å². The highest BCUT2D eigenvalue weighted by Crippen LogP contribution is 2.45. The second-order valence-electron chi connectivity index (χ2n) is 11.3. The molecule has 0 saturated heterocycles. The molecule has 1 aromatic rings. The molecule has 0 aromatic heterocycles. The highest BCUT2D eigenvalue weighted by atomic mass is 19.1. The molecule has 0 spiro atoms. The van der Waals surface area contributed by atoms with Crippen molar-refractivity contribution in [2.24, 2.45) is 17.8 Å². The van der Waals surface area contributed by atoms with Crippen LogP contribution in [0.2, 0.25) is 0 Å². The molecule has 1 aromatic carbocycles. The van der Waals surface area contributed by atoms with Gasteiger partial charge in [-0.1, -0.05) is 52.0 Å². The zero-order valence-corrected chi connectivity index (χ0v) is 23.0. The first-order valence-corrected chi connectivity index (χ1v) is 14.9. The van der Waals surface area contributed by atoms with Crippen molar-refractivity contribution in [2.45, 2.75) is 116 Å². The number of rotatable bonds is 15. The van der Waals surface area contributed by atoms with Crippen molar-refractivity contribution in [3.63, 3.8) is 0 Å². The normalized spacial score (nSPS) is 24.0. The molecule has 0 radical (unpaired) electrons. The van der Waals surface area contributed by atoms with Crippen LogP contribution in [0, 0.1) is 29.4 Å². The van der Waals surface area contributed by atoms with Gasteiger partial charge >= 0.3 is 5.97 Å². The maximum absolute atomic E-state index is 14.7. The Morgan fingerprint density at radius 1 is 0.865 bits per heavy atom. The maximum Gasteiger partial charge on any atom is 0.330 e. The topological polar surface area (TPSA) is 35.5 Å². The van der Waals surface area contributed by atoms with Gasteiger partial charge in [0, 0.05) is 6.08 Å². The van der Waals surface area contributed by atoms with Gasteiger partial charge in [0.05, 0.1) is 13.2 Å². The average molecular weight is 519 g/mol. The van der Waals surface area contributed by atoms with Crippen LogP contribution in [0.4, 0.5) is 8.78 Å². The lowest BCUT2D eigenvalue weighted by atomic mass is 9.68.